The summed E-state index contributed by atoms with van der Waals surface area (Å²) in [7, 11) is 4.11. The van der Waals surface area contributed by atoms with E-state index in [1.165, 1.54) is 29.7 Å². The van der Waals surface area contributed by atoms with Crippen LogP contribution in [-0.4, -0.2) is 41.6 Å². The fraction of sp³-hybridized carbons (Fsp3) is 0.579. The van der Waals surface area contributed by atoms with E-state index in [9.17, 15) is 4.79 Å². The summed E-state index contributed by atoms with van der Waals surface area (Å²) in [5.41, 5.74) is 3.02. The number of aromatic nitrogens is 2. The van der Waals surface area contributed by atoms with Crippen LogP contribution in [0, 0.1) is 6.92 Å². The van der Waals surface area contributed by atoms with Gasteiger partial charge in [-0.15, -0.1) is 11.3 Å². The Labute approximate surface area is 153 Å². The van der Waals surface area contributed by atoms with Gasteiger partial charge in [0.25, 0.3) is 5.91 Å². The number of amides is 1. The van der Waals surface area contributed by atoms with Crippen molar-refractivity contribution in [1.82, 2.24) is 20.4 Å². The molecule has 2 N–H and O–H groups in total. The molecule has 0 bridgehead atoms. The van der Waals surface area contributed by atoms with Crippen molar-refractivity contribution < 1.29 is 4.79 Å². The third-order valence-electron chi connectivity index (χ3n) is 5.21. The Bertz CT molecular complexity index is 700. The van der Waals surface area contributed by atoms with E-state index in [1.54, 1.807) is 17.5 Å². The first-order valence-corrected chi connectivity index (χ1v) is 9.97. The second kappa shape index (κ2) is 8.15. The van der Waals surface area contributed by atoms with Crippen LogP contribution >= 0.6 is 11.3 Å². The Morgan fingerprint density at radius 1 is 1.40 bits per heavy atom. The Kier molecular flexibility index (Phi) is 5.91. The third kappa shape index (κ3) is 4.12. The number of thiophene rings is 1. The van der Waals surface area contributed by atoms with Crippen molar-refractivity contribution in [3.63, 3.8) is 0 Å². The van der Waals surface area contributed by atoms with Crippen LogP contribution in [0.15, 0.2) is 17.6 Å². The van der Waals surface area contributed by atoms with Crippen LogP contribution < -0.4 is 5.32 Å². The summed E-state index contributed by atoms with van der Waals surface area (Å²) < 4.78 is 0. The van der Waals surface area contributed by atoms with Gasteiger partial charge in [0.15, 0.2) is 0 Å². The second-order valence-corrected chi connectivity index (χ2v) is 8.14. The predicted molar refractivity (Wildman–Crippen MR) is 102 cm³/mol. The summed E-state index contributed by atoms with van der Waals surface area (Å²) in [6, 6.07) is 2.32. The highest BCUT2D eigenvalue weighted by atomic mass is 32.1. The molecule has 1 unspecified atom stereocenters. The summed E-state index contributed by atoms with van der Waals surface area (Å²) in [5, 5.41) is 12.5. The van der Waals surface area contributed by atoms with Gasteiger partial charge in [0.1, 0.15) is 0 Å². The number of aryl methyl sites for hydroxylation is 1. The molecule has 1 fully saturated rings. The number of aromatic amines is 1. The zero-order valence-electron chi connectivity index (χ0n) is 15.3. The molecule has 0 radical (unpaired) electrons. The fourth-order valence-electron chi connectivity index (χ4n) is 3.70. The maximum absolute atomic E-state index is 12.8. The lowest BCUT2D eigenvalue weighted by Gasteiger charge is -2.25. The third-order valence-corrected chi connectivity index (χ3v) is 6.33. The molecule has 0 aliphatic heterocycles. The summed E-state index contributed by atoms with van der Waals surface area (Å²) in [5.74, 6) is 0.427. The molecule has 3 rings (SSSR count). The first-order valence-electron chi connectivity index (χ1n) is 9.09. The highest BCUT2D eigenvalue weighted by Crippen LogP contribution is 2.33. The van der Waals surface area contributed by atoms with E-state index in [-0.39, 0.29) is 11.9 Å². The Hall–Kier alpha value is -1.66. The number of carbonyl (C=O) groups is 1. The number of rotatable bonds is 6. The van der Waals surface area contributed by atoms with E-state index in [0.29, 0.717) is 18.0 Å². The molecule has 1 saturated carbocycles. The van der Waals surface area contributed by atoms with E-state index >= 15 is 0 Å². The number of likely N-dealkylation sites (N-methyl/N-ethyl adjacent to an activating group) is 1. The Morgan fingerprint density at radius 3 is 2.80 bits per heavy atom. The number of H-pyrrole nitrogens is 1. The van der Waals surface area contributed by atoms with E-state index in [4.69, 9.17) is 0 Å². The molecule has 2 aromatic heterocycles. The van der Waals surface area contributed by atoms with Crippen LogP contribution in [0.4, 0.5) is 0 Å². The minimum atomic E-state index is -0.0182. The SMILES string of the molecule is Cc1ccsc1C(CNC(=O)c1cn[nH]c1C1CCCCC1)N(C)C. The molecule has 2 heterocycles. The topological polar surface area (TPSA) is 61.0 Å². The minimum Gasteiger partial charge on any atom is -0.350 e. The van der Waals surface area contributed by atoms with Gasteiger partial charge in [-0.05, 0) is 50.9 Å². The molecule has 0 saturated heterocycles. The monoisotopic (exact) mass is 360 g/mol. The van der Waals surface area contributed by atoms with Crippen molar-refractivity contribution in [3.05, 3.63) is 39.3 Å². The average molecular weight is 361 g/mol. The molecule has 2 aromatic rings. The second-order valence-electron chi connectivity index (χ2n) is 7.19. The zero-order valence-corrected chi connectivity index (χ0v) is 16.2. The quantitative estimate of drug-likeness (QED) is 0.822. The lowest BCUT2D eigenvalue weighted by molar-refractivity contribution is 0.0940. The summed E-state index contributed by atoms with van der Waals surface area (Å²) >= 11 is 1.75. The average Bonchev–Trinajstić information content (AvgIpc) is 3.25. The predicted octanol–water partition coefficient (Wildman–Crippen LogP) is 3.86. The van der Waals surface area contributed by atoms with Gasteiger partial charge < -0.3 is 10.2 Å². The molecule has 1 aliphatic rings. The molecule has 5 nitrogen and oxygen atoms in total. The van der Waals surface area contributed by atoms with E-state index < -0.39 is 0 Å². The minimum absolute atomic E-state index is 0.0182. The standard InChI is InChI=1S/C19H28N4OS/c1-13-9-10-25-18(13)16(23(2)3)12-20-19(24)15-11-21-22-17(15)14-7-5-4-6-8-14/h9-11,14,16H,4-8,12H2,1-3H3,(H,20,24)(H,21,22). The van der Waals surface area contributed by atoms with Gasteiger partial charge in [-0.25, -0.2) is 0 Å². The number of nitrogens with zero attached hydrogens (tertiary/aromatic N) is 2. The maximum atomic E-state index is 12.8. The van der Waals surface area contributed by atoms with E-state index in [0.717, 1.165) is 18.5 Å². The van der Waals surface area contributed by atoms with Crippen molar-refractivity contribution in [2.24, 2.45) is 0 Å². The number of hydrogen-bond acceptors (Lipinski definition) is 4. The summed E-state index contributed by atoms with van der Waals surface area (Å²) in [4.78, 5) is 16.2. The lowest BCUT2D eigenvalue weighted by Crippen LogP contribution is -2.34. The van der Waals surface area contributed by atoms with Gasteiger partial charge >= 0.3 is 0 Å². The Morgan fingerprint density at radius 2 is 2.16 bits per heavy atom. The molecular formula is C19H28N4OS. The lowest BCUT2D eigenvalue weighted by atomic mass is 9.85. The zero-order chi connectivity index (χ0) is 17.8. The van der Waals surface area contributed by atoms with Crippen LogP contribution in [0.25, 0.3) is 0 Å². The van der Waals surface area contributed by atoms with Crippen LogP contribution in [-0.2, 0) is 0 Å². The molecule has 1 atom stereocenters. The largest absolute Gasteiger partial charge is 0.350 e. The van der Waals surface area contributed by atoms with Crippen molar-refractivity contribution in [2.45, 2.75) is 51.0 Å². The molecule has 0 aromatic carbocycles. The molecule has 25 heavy (non-hydrogen) atoms. The van der Waals surface area contributed by atoms with Crippen molar-refractivity contribution in [3.8, 4) is 0 Å². The number of nitrogens with one attached hydrogen (secondary N) is 2. The van der Waals surface area contributed by atoms with Crippen LogP contribution in [0.2, 0.25) is 0 Å². The molecule has 1 aliphatic carbocycles. The normalized spacial score (nSPS) is 17.0. The highest BCUT2D eigenvalue weighted by Gasteiger charge is 2.24. The molecule has 0 spiro atoms. The van der Waals surface area contributed by atoms with E-state index in [2.05, 4.69) is 52.9 Å². The number of carbonyl (C=O) groups excluding carboxylic acids is 1. The van der Waals surface area contributed by atoms with Crippen molar-refractivity contribution in [2.75, 3.05) is 20.6 Å². The van der Waals surface area contributed by atoms with Gasteiger partial charge in [0.05, 0.1) is 23.5 Å². The van der Waals surface area contributed by atoms with Gasteiger partial charge in [0, 0.05) is 17.3 Å². The first kappa shape index (κ1) is 18.1. The van der Waals surface area contributed by atoms with Gasteiger partial charge in [-0.3, -0.25) is 9.89 Å². The van der Waals surface area contributed by atoms with Crippen LogP contribution in [0.5, 0.6) is 0 Å². The van der Waals surface area contributed by atoms with Crippen molar-refractivity contribution in [1.29, 1.82) is 0 Å². The highest BCUT2D eigenvalue weighted by molar-refractivity contribution is 7.10. The molecule has 6 heteroatoms. The van der Waals surface area contributed by atoms with Gasteiger partial charge in [-0.1, -0.05) is 19.3 Å². The van der Waals surface area contributed by atoms with Crippen LogP contribution in [0.3, 0.4) is 0 Å². The smallest absolute Gasteiger partial charge is 0.254 e. The maximum Gasteiger partial charge on any atom is 0.254 e. The van der Waals surface area contributed by atoms with E-state index in [1.807, 2.05) is 0 Å². The van der Waals surface area contributed by atoms with Crippen molar-refractivity contribution >= 4 is 17.2 Å². The van der Waals surface area contributed by atoms with Crippen LogP contribution in [0.1, 0.15) is 70.6 Å². The fourth-order valence-corrected chi connectivity index (χ4v) is 4.82. The molecule has 1 amide bonds. The van der Waals surface area contributed by atoms with Gasteiger partial charge in [0.2, 0.25) is 0 Å². The summed E-state index contributed by atoms with van der Waals surface area (Å²) in [6.07, 6.45) is 7.77. The molecular weight excluding hydrogens is 332 g/mol. The Balaban J connectivity index is 1.68. The summed E-state index contributed by atoms with van der Waals surface area (Å²) in [6.45, 7) is 2.73. The molecule has 136 valence electrons. The van der Waals surface area contributed by atoms with Gasteiger partial charge in [-0.2, -0.15) is 5.10 Å². The number of hydrogen-bond donors (Lipinski definition) is 2. The first-order chi connectivity index (χ1) is 12.1.